The Labute approximate surface area is 160 Å². The van der Waals surface area contributed by atoms with Crippen molar-refractivity contribution in [1.29, 1.82) is 0 Å². The molecule has 0 fully saturated rings. The van der Waals surface area contributed by atoms with Crippen LogP contribution in [0.15, 0.2) is 58.6 Å². The molecular weight excluding hydrogens is 400 g/mol. The SMILES string of the molecule is COc1ccc(Br)cc1[C@@H]1NC(=S)NC(c2ccccc2)=C1C(C)=O. The lowest BCUT2D eigenvalue weighted by atomic mass is 9.90. The van der Waals surface area contributed by atoms with Crippen molar-refractivity contribution in [3.63, 3.8) is 0 Å². The minimum atomic E-state index is -0.395. The summed E-state index contributed by atoms with van der Waals surface area (Å²) < 4.78 is 6.40. The molecule has 128 valence electrons. The Morgan fingerprint density at radius 1 is 1.20 bits per heavy atom. The largest absolute Gasteiger partial charge is 0.496 e. The number of rotatable bonds is 4. The van der Waals surface area contributed by atoms with Crippen LogP contribution in [0.4, 0.5) is 0 Å². The van der Waals surface area contributed by atoms with E-state index in [0.717, 1.165) is 21.3 Å². The van der Waals surface area contributed by atoms with Crippen molar-refractivity contribution in [2.45, 2.75) is 13.0 Å². The van der Waals surface area contributed by atoms with Crippen molar-refractivity contribution >= 4 is 44.7 Å². The fraction of sp³-hybridized carbons (Fsp3) is 0.158. The monoisotopic (exact) mass is 416 g/mol. The maximum atomic E-state index is 12.5. The number of hydrogen-bond acceptors (Lipinski definition) is 3. The normalized spacial score (nSPS) is 16.9. The molecule has 0 amide bonds. The molecule has 2 aromatic rings. The Bertz CT molecular complexity index is 865. The molecule has 0 radical (unpaired) electrons. The average molecular weight is 417 g/mol. The van der Waals surface area contributed by atoms with Crippen LogP contribution in [-0.4, -0.2) is 18.0 Å². The molecule has 1 heterocycles. The maximum absolute atomic E-state index is 12.5. The van der Waals surface area contributed by atoms with Gasteiger partial charge < -0.3 is 15.4 Å². The van der Waals surface area contributed by atoms with Gasteiger partial charge in [-0.1, -0.05) is 46.3 Å². The number of hydrogen-bond donors (Lipinski definition) is 2. The predicted molar refractivity (Wildman–Crippen MR) is 106 cm³/mol. The third-order valence-electron chi connectivity index (χ3n) is 4.02. The van der Waals surface area contributed by atoms with E-state index in [-0.39, 0.29) is 5.78 Å². The first-order valence-corrected chi connectivity index (χ1v) is 8.93. The molecule has 2 aromatic carbocycles. The number of ketones is 1. The number of methoxy groups -OCH3 is 1. The Morgan fingerprint density at radius 2 is 1.92 bits per heavy atom. The van der Waals surface area contributed by atoms with Crippen LogP contribution in [0.2, 0.25) is 0 Å². The van der Waals surface area contributed by atoms with Crippen LogP contribution in [0.1, 0.15) is 24.1 Å². The van der Waals surface area contributed by atoms with Crippen molar-refractivity contribution in [3.05, 3.63) is 69.7 Å². The Balaban J connectivity index is 2.23. The van der Waals surface area contributed by atoms with Crippen LogP contribution >= 0.6 is 28.1 Å². The van der Waals surface area contributed by atoms with Crippen molar-refractivity contribution in [1.82, 2.24) is 10.6 Å². The predicted octanol–water partition coefficient (Wildman–Crippen LogP) is 3.98. The quantitative estimate of drug-likeness (QED) is 0.738. The summed E-state index contributed by atoms with van der Waals surface area (Å²) in [7, 11) is 1.61. The summed E-state index contributed by atoms with van der Waals surface area (Å²) in [4.78, 5) is 12.5. The van der Waals surface area contributed by atoms with E-state index in [4.69, 9.17) is 17.0 Å². The molecule has 0 unspecified atom stereocenters. The number of carbonyl (C=O) groups excluding carboxylic acids is 1. The zero-order valence-electron chi connectivity index (χ0n) is 13.8. The van der Waals surface area contributed by atoms with Crippen LogP contribution in [0.5, 0.6) is 5.75 Å². The summed E-state index contributed by atoms with van der Waals surface area (Å²) >= 11 is 8.88. The van der Waals surface area contributed by atoms with E-state index in [1.54, 1.807) is 14.0 Å². The first-order valence-electron chi connectivity index (χ1n) is 7.72. The number of ether oxygens (including phenoxy) is 1. The van der Waals surface area contributed by atoms with Gasteiger partial charge >= 0.3 is 0 Å². The molecule has 0 bridgehead atoms. The van der Waals surface area contributed by atoms with Gasteiger partial charge in [-0.25, -0.2) is 0 Å². The molecule has 1 atom stereocenters. The number of thiocarbonyl (C=S) groups is 1. The number of halogens is 1. The topological polar surface area (TPSA) is 50.4 Å². The van der Waals surface area contributed by atoms with Gasteiger partial charge in [-0.05, 0) is 42.9 Å². The molecular formula is C19H17BrN2O2S. The summed E-state index contributed by atoms with van der Waals surface area (Å²) in [5.41, 5.74) is 3.11. The van der Waals surface area contributed by atoms with Crippen molar-refractivity contribution in [2.24, 2.45) is 0 Å². The van der Waals surface area contributed by atoms with Gasteiger partial charge in [-0.3, -0.25) is 4.79 Å². The lowest BCUT2D eigenvalue weighted by Crippen LogP contribution is -2.44. The Morgan fingerprint density at radius 3 is 2.56 bits per heavy atom. The number of nitrogens with one attached hydrogen (secondary N) is 2. The molecule has 2 N–H and O–H groups in total. The summed E-state index contributed by atoms with van der Waals surface area (Å²) in [6.07, 6.45) is 0. The van der Waals surface area contributed by atoms with Crippen LogP contribution < -0.4 is 15.4 Å². The van der Waals surface area contributed by atoms with E-state index in [1.807, 2.05) is 48.5 Å². The molecule has 0 aliphatic carbocycles. The van der Waals surface area contributed by atoms with Gasteiger partial charge in [-0.2, -0.15) is 0 Å². The van der Waals surface area contributed by atoms with Crippen LogP contribution in [0.25, 0.3) is 5.70 Å². The molecule has 0 spiro atoms. The van der Waals surface area contributed by atoms with E-state index in [9.17, 15) is 4.79 Å². The summed E-state index contributed by atoms with van der Waals surface area (Å²) in [6.45, 7) is 1.56. The fourth-order valence-electron chi connectivity index (χ4n) is 2.94. The minimum absolute atomic E-state index is 0.0339. The van der Waals surface area contributed by atoms with Crippen molar-refractivity contribution in [2.75, 3.05) is 7.11 Å². The van der Waals surface area contributed by atoms with Gasteiger partial charge in [0.1, 0.15) is 5.75 Å². The highest BCUT2D eigenvalue weighted by molar-refractivity contribution is 9.10. The summed E-state index contributed by atoms with van der Waals surface area (Å²) in [5.74, 6) is 0.657. The highest BCUT2D eigenvalue weighted by Gasteiger charge is 2.32. The molecule has 0 saturated carbocycles. The average Bonchev–Trinajstić information content (AvgIpc) is 2.61. The molecule has 25 heavy (non-hydrogen) atoms. The highest BCUT2D eigenvalue weighted by atomic mass is 79.9. The lowest BCUT2D eigenvalue weighted by Gasteiger charge is -2.32. The van der Waals surface area contributed by atoms with Crippen molar-refractivity contribution < 1.29 is 9.53 Å². The molecule has 0 saturated heterocycles. The fourth-order valence-corrected chi connectivity index (χ4v) is 3.54. The second-order valence-corrected chi connectivity index (χ2v) is 6.95. The Kier molecular flexibility index (Phi) is 5.20. The standard InChI is InChI=1S/C19H17BrN2O2S/c1-11(23)16-17(12-6-4-3-5-7-12)21-19(25)22-18(16)14-10-13(20)8-9-15(14)24-2/h3-10,18H,1-2H3,(H2,21,22,25)/t18-/m0/s1. The molecule has 4 nitrogen and oxygen atoms in total. The molecule has 0 aromatic heterocycles. The second-order valence-electron chi connectivity index (χ2n) is 5.63. The molecule has 1 aliphatic rings. The lowest BCUT2D eigenvalue weighted by molar-refractivity contribution is -0.113. The smallest absolute Gasteiger partial charge is 0.171 e. The molecule has 3 rings (SSSR count). The third-order valence-corrected chi connectivity index (χ3v) is 4.73. The first kappa shape index (κ1) is 17.6. The molecule has 6 heteroatoms. The van der Waals surface area contributed by atoms with E-state index >= 15 is 0 Å². The minimum Gasteiger partial charge on any atom is -0.496 e. The van der Waals surface area contributed by atoms with Gasteiger partial charge in [0.15, 0.2) is 10.9 Å². The summed E-state index contributed by atoms with van der Waals surface area (Å²) in [6, 6.07) is 15.0. The first-order chi connectivity index (χ1) is 12.0. The van der Waals surface area contributed by atoms with E-state index < -0.39 is 6.04 Å². The van der Waals surface area contributed by atoms with Gasteiger partial charge in [0.2, 0.25) is 0 Å². The third kappa shape index (κ3) is 3.60. The van der Waals surface area contributed by atoms with E-state index in [2.05, 4.69) is 26.6 Å². The van der Waals surface area contributed by atoms with Gasteiger partial charge in [0, 0.05) is 15.6 Å². The van der Waals surface area contributed by atoms with E-state index in [0.29, 0.717) is 16.4 Å². The summed E-state index contributed by atoms with van der Waals surface area (Å²) in [5, 5.41) is 6.82. The zero-order valence-corrected chi connectivity index (χ0v) is 16.2. The number of carbonyl (C=O) groups is 1. The van der Waals surface area contributed by atoms with Gasteiger partial charge in [0.25, 0.3) is 0 Å². The number of benzene rings is 2. The zero-order chi connectivity index (χ0) is 18.0. The second kappa shape index (κ2) is 7.37. The van der Waals surface area contributed by atoms with Gasteiger partial charge in [-0.15, -0.1) is 0 Å². The van der Waals surface area contributed by atoms with Crippen LogP contribution in [0, 0.1) is 0 Å². The van der Waals surface area contributed by atoms with Crippen LogP contribution in [0.3, 0.4) is 0 Å². The highest BCUT2D eigenvalue weighted by Crippen LogP contribution is 2.37. The van der Waals surface area contributed by atoms with Crippen molar-refractivity contribution in [3.8, 4) is 5.75 Å². The maximum Gasteiger partial charge on any atom is 0.171 e. The molecule has 1 aliphatic heterocycles. The Hall–Kier alpha value is -2.18. The van der Waals surface area contributed by atoms with Gasteiger partial charge in [0.05, 0.1) is 18.8 Å². The van der Waals surface area contributed by atoms with E-state index in [1.165, 1.54) is 0 Å². The van der Waals surface area contributed by atoms with Crippen LogP contribution in [-0.2, 0) is 4.79 Å². The number of Topliss-reactive ketones (excluding diaryl/α,β-unsaturated/α-hetero) is 1.